The first-order valence-corrected chi connectivity index (χ1v) is 6.67. The van der Waals surface area contributed by atoms with E-state index in [4.69, 9.17) is 0 Å². The average Bonchev–Trinajstić information content (AvgIpc) is 2.39. The van der Waals surface area contributed by atoms with E-state index < -0.39 is 0 Å². The molecule has 0 saturated carbocycles. The molecule has 0 radical (unpaired) electrons. The van der Waals surface area contributed by atoms with Crippen molar-refractivity contribution in [1.29, 1.82) is 0 Å². The molecule has 1 unspecified atom stereocenters. The molecule has 0 N–H and O–H groups in total. The van der Waals surface area contributed by atoms with Crippen molar-refractivity contribution in [3.05, 3.63) is 39.9 Å². The SMILES string of the molecule is CCCN1CCCC(c2cccc([N+](=O)[O-])c2)C1. The summed E-state index contributed by atoms with van der Waals surface area (Å²) in [6.45, 7) is 5.52. The van der Waals surface area contributed by atoms with Gasteiger partial charge >= 0.3 is 0 Å². The highest BCUT2D eigenvalue weighted by Crippen LogP contribution is 2.28. The van der Waals surface area contributed by atoms with Gasteiger partial charge in [-0.1, -0.05) is 19.1 Å². The highest BCUT2D eigenvalue weighted by Gasteiger charge is 2.21. The largest absolute Gasteiger partial charge is 0.303 e. The first-order chi connectivity index (χ1) is 8.70. The van der Waals surface area contributed by atoms with Gasteiger partial charge in [0.25, 0.3) is 5.69 Å². The molecule has 1 aliphatic heterocycles. The zero-order valence-electron chi connectivity index (χ0n) is 10.8. The van der Waals surface area contributed by atoms with Crippen molar-refractivity contribution in [2.24, 2.45) is 0 Å². The molecule has 1 saturated heterocycles. The Morgan fingerprint density at radius 2 is 2.33 bits per heavy atom. The molecule has 1 aromatic carbocycles. The summed E-state index contributed by atoms with van der Waals surface area (Å²) in [4.78, 5) is 13.0. The van der Waals surface area contributed by atoms with E-state index >= 15 is 0 Å². The molecule has 0 spiro atoms. The van der Waals surface area contributed by atoms with Gasteiger partial charge < -0.3 is 4.90 Å². The van der Waals surface area contributed by atoms with Crippen LogP contribution in [0.5, 0.6) is 0 Å². The van der Waals surface area contributed by atoms with Gasteiger partial charge in [-0.3, -0.25) is 10.1 Å². The van der Waals surface area contributed by atoms with Gasteiger partial charge in [0.05, 0.1) is 4.92 Å². The standard InChI is InChI=1S/C14H20N2O2/c1-2-8-15-9-4-6-13(11-15)12-5-3-7-14(10-12)16(17)18/h3,5,7,10,13H,2,4,6,8-9,11H2,1H3. The van der Waals surface area contributed by atoms with Crippen LogP contribution in [-0.2, 0) is 0 Å². The number of nitro benzene ring substituents is 1. The number of non-ortho nitro benzene ring substituents is 1. The molecular formula is C14H20N2O2. The van der Waals surface area contributed by atoms with Gasteiger partial charge in [-0.05, 0) is 43.8 Å². The Morgan fingerprint density at radius 1 is 1.50 bits per heavy atom. The van der Waals surface area contributed by atoms with Crippen molar-refractivity contribution >= 4 is 5.69 Å². The van der Waals surface area contributed by atoms with E-state index in [0.717, 1.165) is 25.1 Å². The van der Waals surface area contributed by atoms with Gasteiger partial charge in [-0.15, -0.1) is 0 Å². The Morgan fingerprint density at radius 3 is 3.06 bits per heavy atom. The number of rotatable bonds is 4. The number of piperidine rings is 1. The molecular weight excluding hydrogens is 228 g/mol. The van der Waals surface area contributed by atoms with Crippen molar-refractivity contribution in [3.63, 3.8) is 0 Å². The second-order valence-electron chi connectivity index (χ2n) is 4.99. The molecule has 0 amide bonds. The first kappa shape index (κ1) is 13.0. The summed E-state index contributed by atoms with van der Waals surface area (Å²) in [6, 6.07) is 7.12. The molecule has 2 rings (SSSR count). The monoisotopic (exact) mass is 248 g/mol. The van der Waals surface area contributed by atoms with E-state index in [1.165, 1.54) is 19.4 Å². The lowest BCUT2D eigenvalue weighted by Crippen LogP contribution is -2.34. The minimum absolute atomic E-state index is 0.208. The fraction of sp³-hybridized carbons (Fsp3) is 0.571. The first-order valence-electron chi connectivity index (χ1n) is 6.67. The van der Waals surface area contributed by atoms with E-state index in [0.29, 0.717) is 5.92 Å². The maximum atomic E-state index is 10.8. The van der Waals surface area contributed by atoms with E-state index in [1.54, 1.807) is 18.2 Å². The van der Waals surface area contributed by atoms with Crippen LogP contribution in [0.4, 0.5) is 5.69 Å². The Balaban J connectivity index is 2.10. The van der Waals surface area contributed by atoms with Crippen LogP contribution in [-0.4, -0.2) is 29.5 Å². The topological polar surface area (TPSA) is 46.4 Å². The number of hydrogen-bond donors (Lipinski definition) is 0. The van der Waals surface area contributed by atoms with Crippen molar-refractivity contribution in [3.8, 4) is 0 Å². The van der Waals surface area contributed by atoms with E-state index in [-0.39, 0.29) is 10.6 Å². The van der Waals surface area contributed by atoms with Crippen LogP contribution in [0.1, 0.15) is 37.7 Å². The van der Waals surface area contributed by atoms with Gasteiger partial charge in [0, 0.05) is 18.7 Å². The molecule has 0 bridgehead atoms. The van der Waals surface area contributed by atoms with Crippen molar-refractivity contribution in [2.75, 3.05) is 19.6 Å². The Labute approximate surface area is 108 Å². The van der Waals surface area contributed by atoms with Crippen LogP contribution in [0.15, 0.2) is 24.3 Å². The molecule has 4 nitrogen and oxygen atoms in total. The normalized spacial score (nSPS) is 20.8. The highest BCUT2D eigenvalue weighted by molar-refractivity contribution is 5.36. The minimum Gasteiger partial charge on any atom is -0.303 e. The van der Waals surface area contributed by atoms with Crippen LogP contribution >= 0.6 is 0 Å². The van der Waals surface area contributed by atoms with E-state index in [9.17, 15) is 10.1 Å². The van der Waals surface area contributed by atoms with Crippen LogP contribution < -0.4 is 0 Å². The summed E-state index contributed by atoms with van der Waals surface area (Å²) < 4.78 is 0. The lowest BCUT2D eigenvalue weighted by molar-refractivity contribution is -0.384. The number of hydrogen-bond acceptors (Lipinski definition) is 3. The van der Waals surface area contributed by atoms with Crippen LogP contribution in [0.3, 0.4) is 0 Å². The second-order valence-corrected chi connectivity index (χ2v) is 4.99. The second kappa shape index (κ2) is 5.96. The van der Waals surface area contributed by atoms with Crippen molar-refractivity contribution in [1.82, 2.24) is 4.90 Å². The summed E-state index contributed by atoms with van der Waals surface area (Å²) >= 11 is 0. The molecule has 18 heavy (non-hydrogen) atoms. The molecule has 1 aliphatic rings. The van der Waals surface area contributed by atoms with E-state index in [1.807, 2.05) is 6.07 Å². The third kappa shape index (κ3) is 3.07. The number of likely N-dealkylation sites (tertiary alicyclic amines) is 1. The number of benzene rings is 1. The van der Waals surface area contributed by atoms with Crippen LogP contribution in [0.25, 0.3) is 0 Å². The summed E-state index contributed by atoms with van der Waals surface area (Å²) in [5.41, 5.74) is 1.32. The molecule has 0 aliphatic carbocycles. The highest BCUT2D eigenvalue weighted by atomic mass is 16.6. The quantitative estimate of drug-likeness (QED) is 0.607. The smallest absolute Gasteiger partial charge is 0.269 e. The van der Waals surface area contributed by atoms with Crippen LogP contribution in [0.2, 0.25) is 0 Å². The molecule has 1 heterocycles. The maximum absolute atomic E-state index is 10.8. The van der Waals surface area contributed by atoms with Crippen molar-refractivity contribution in [2.45, 2.75) is 32.1 Å². The minimum atomic E-state index is -0.309. The molecule has 1 atom stereocenters. The van der Waals surface area contributed by atoms with Gasteiger partial charge in [0.15, 0.2) is 0 Å². The number of nitrogens with zero attached hydrogens (tertiary/aromatic N) is 2. The Kier molecular flexibility index (Phi) is 4.31. The predicted molar refractivity (Wildman–Crippen MR) is 71.8 cm³/mol. The summed E-state index contributed by atoms with van der Waals surface area (Å²) in [7, 11) is 0. The molecule has 4 heteroatoms. The Hall–Kier alpha value is -1.42. The summed E-state index contributed by atoms with van der Waals surface area (Å²) in [5, 5.41) is 10.8. The van der Waals surface area contributed by atoms with E-state index in [2.05, 4.69) is 11.8 Å². The fourth-order valence-corrected chi connectivity index (χ4v) is 2.74. The maximum Gasteiger partial charge on any atom is 0.269 e. The number of nitro groups is 1. The lowest BCUT2D eigenvalue weighted by atomic mass is 9.90. The zero-order chi connectivity index (χ0) is 13.0. The van der Waals surface area contributed by atoms with Crippen molar-refractivity contribution < 1.29 is 4.92 Å². The molecule has 1 fully saturated rings. The van der Waals surface area contributed by atoms with Gasteiger partial charge in [0.1, 0.15) is 0 Å². The third-order valence-corrected chi connectivity index (χ3v) is 3.60. The van der Waals surface area contributed by atoms with Gasteiger partial charge in [0.2, 0.25) is 0 Å². The third-order valence-electron chi connectivity index (χ3n) is 3.60. The van der Waals surface area contributed by atoms with Gasteiger partial charge in [-0.2, -0.15) is 0 Å². The lowest BCUT2D eigenvalue weighted by Gasteiger charge is -2.32. The molecule has 0 aromatic heterocycles. The molecule has 98 valence electrons. The molecule has 1 aromatic rings. The van der Waals surface area contributed by atoms with Gasteiger partial charge in [-0.25, -0.2) is 0 Å². The average molecular weight is 248 g/mol. The van der Waals surface area contributed by atoms with Crippen LogP contribution in [0, 0.1) is 10.1 Å². The predicted octanol–water partition coefficient (Wildman–Crippen LogP) is 3.18. The zero-order valence-corrected chi connectivity index (χ0v) is 10.8. The fourth-order valence-electron chi connectivity index (χ4n) is 2.74. The summed E-state index contributed by atoms with van der Waals surface area (Å²) in [5.74, 6) is 0.449. The summed E-state index contributed by atoms with van der Waals surface area (Å²) in [6.07, 6.45) is 3.50. The Bertz CT molecular complexity index is 418.